The summed E-state index contributed by atoms with van der Waals surface area (Å²) in [6.07, 6.45) is 11.6. The number of hydrogen-bond donors (Lipinski definition) is 1. The van der Waals surface area contributed by atoms with Crippen LogP contribution in [-0.2, 0) is 19.1 Å². The Hall–Kier alpha value is -1.91. The second-order valence-corrected chi connectivity index (χ2v) is 14.1. The smallest absolute Gasteiger partial charge is 0.330 e. The van der Waals surface area contributed by atoms with E-state index in [9.17, 15) is 19.5 Å². The van der Waals surface area contributed by atoms with Crippen LogP contribution in [0.2, 0.25) is 0 Å². The topological polar surface area (TPSA) is 80.7 Å². The SMILES string of the molecule is CC(=O)OC1C=C2C(CCC3(C)C(C(C)CCC=C(C)C(=O)O)CCC23C)C2(C)CCC(=O)C(C)(C)C12. The number of carbonyl (C=O) groups is 3. The van der Waals surface area contributed by atoms with Crippen molar-refractivity contribution < 1.29 is 24.2 Å². The number of carboxylic acids is 1. The first-order valence-electron chi connectivity index (χ1n) is 14.4. The van der Waals surface area contributed by atoms with Gasteiger partial charge < -0.3 is 9.84 Å². The summed E-state index contributed by atoms with van der Waals surface area (Å²) in [5, 5.41) is 9.20. The van der Waals surface area contributed by atoms with Crippen LogP contribution in [0.1, 0.15) is 107 Å². The lowest BCUT2D eigenvalue weighted by Gasteiger charge is -2.64. The quantitative estimate of drug-likeness (QED) is 0.232. The minimum Gasteiger partial charge on any atom is -0.478 e. The van der Waals surface area contributed by atoms with Gasteiger partial charge in [-0.1, -0.05) is 53.2 Å². The first-order chi connectivity index (χ1) is 17.1. The highest BCUT2D eigenvalue weighted by Crippen LogP contribution is 2.73. The molecule has 3 saturated carbocycles. The molecule has 0 aromatic heterocycles. The molecule has 3 fully saturated rings. The minimum absolute atomic E-state index is 0.00718. The van der Waals surface area contributed by atoms with Gasteiger partial charge in [0.1, 0.15) is 11.9 Å². The van der Waals surface area contributed by atoms with Crippen molar-refractivity contribution in [3.05, 3.63) is 23.3 Å². The first-order valence-corrected chi connectivity index (χ1v) is 14.4. The maximum absolute atomic E-state index is 13.1. The summed E-state index contributed by atoms with van der Waals surface area (Å²) >= 11 is 0. The lowest BCUT2D eigenvalue weighted by molar-refractivity contribution is -0.172. The van der Waals surface area contributed by atoms with E-state index in [1.165, 1.54) is 25.3 Å². The van der Waals surface area contributed by atoms with Crippen molar-refractivity contribution in [2.45, 2.75) is 113 Å². The van der Waals surface area contributed by atoms with E-state index in [2.05, 4.69) is 47.6 Å². The summed E-state index contributed by atoms with van der Waals surface area (Å²) in [5.41, 5.74) is 1.48. The van der Waals surface area contributed by atoms with Crippen LogP contribution >= 0.6 is 0 Å². The second-order valence-electron chi connectivity index (χ2n) is 14.1. The van der Waals surface area contributed by atoms with E-state index in [0.717, 1.165) is 32.1 Å². The van der Waals surface area contributed by atoms with E-state index in [1.807, 2.05) is 6.08 Å². The summed E-state index contributed by atoms with van der Waals surface area (Å²) in [4.78, 5) is 36.6. The number of ketones is 1. The van der Waals surface area contributed by atoms with Gasteiger partial charge in [-0.15, -0.1) is 0 Å². The third kappa shape index (κ3) is 4.23. The number of fused-ring (bicyclic) bond motifs is 5. The number of Topliss-reactive ketones (excluding diaryl/α,β-unsaturated/α-hetero) is 1. The molecule has 4 aliphatic rings. The van der Waals surface area contributed by atoms with Crippen LogP contribution < -0.4 is 0 Å². The molecule has 0 aromatic rings. The summed E-state index contributed by atoms with van der Waals surface area (Å²) in [7, 11) is 0. The molecule has 0 radical (unpaired) electrons. The van der Waals surface area contributed by atoms with Crippen molar-refractivity contribution in [3.8, 4) is 0 Å². The number of aliphatic carboxylic acids is 1. The molecule has 4 rings (SSSR count). The van der Waals surface area contributed by atoms with Crippen LogP contribution in [-0.4, -0.2) is 28.9 Å². The van der Waals surface area contributed by atoms with Crippen LogP contribution in [0.5, 0.6) is 0 Å². The maximum atomic E-state index is 13.1. The Bertz CT molecular complexity index is 1040. The van der Waals surface area contributed by atoms with Gasteiger partial charge >= 0.3 is 11.9 Å². The molecule has 4 aliphatic carbocycles. The number of ether oxygens (including phenoxy) is 1. The standard InChI is InChI=1S/C32H48O5/c1-19(10-9-11-20(2)28(35)36)22-12-16-32(8)24-18-25(37-21(3)33)27-29(4,5)26(34)14-15-30(27,6)23(24)13-17-31(22,32)7/h11,18-19,22-23,25,27H,9-10,12-17H2,1-8H3,(H,35,36). The predicted octanol–water partition coefficient (Wildman–Crippen LogP) is 7.15. The molecule has 37 heavy (non-hydrogen) atoms. The zero-order valence-electron chi connectivity index (χ0n) is 24.3. The van der Waals surface area contributed by atoms with Gasteiger partial charge in [0.15, 0.2) is 0 Å². The van der Waals surface area contributed by atoms with E-state index in [-0.39, 0.29) is 40.0 Å². The summed E-state index contributed by atoms with van der Waals surface area (Å²) in [6.45, 7) is 17.0. The van der Waals surface area contributed by atoms with Crippen LogP contribution in [0.15, 0.2) is 23.3 Å². The van der Waals surface area contributed by atoms with Crippen molar-refractivity contribution in [2.75, 3.05) is 0 Å². The third-order valence-corrected chi connectivity index (χ3v) is 12.0. The third-order valence-electron chi connectivity index (χ3n) is 12.0. The normalized spacial score (nSPS) is 41.7. The van der Waals surface area contributed by atoms with Crippen molar-refractivity contribution in [1.29, 1.82) is 0 Å². The van der Waals surface area contributed by atoms with Gasteiger partial charge in [0.05, 0.1) is 0 Å². The molecule has 8 atom stereocenters. The Morgan fingerprint density at radius 3 is 2.41 bits per heavy atom. The maximum Gasteiger partial charge on any atom is 0.330 e. The van der Waals surface area contributed by atoms with Crippen molar-refractivity contribution in [3.63, 3.8) is 0 Å². The molecule has 0 heterocycles. The summed E-state index contributed by atoms with van der Waals surface area (Å²) < 4.78 is 6.03. The second kappa shape index (κ2) is 9.38. The fourth-order valence-electron chi connectivity index (χ4n) is 9.73. The lowest BCUT2D eigenvalue weighted by Crippen LogP contribution is -2.61. The van der Waals surface area contributed by atoms with Crippen LogP contribution in [0.3, 0.4) is 0 Å². The number of carboxylic acid groups (broad SMARTS) is 1. The molecule has 8 unspecified atom stereocenters. The monoisotopic (exact) mass is 512 g/mol. The molecule has 0 spiro atoms. The van der Waals surface area contributed by atoms with Crippen LogP contribution in [0.25, 0.3) is 0 Å². The molecule has 206 valence electrons. The van der Waals surface area contributed by atoms with E-state index in [0.29, 0.717) is 29.7 Å². The van der Waals surface area contributed by atoms with Crippen molar-refractivity contribution in [1.82, 2.24) is 0 Å². The lowest BCUT2D eigenvalue weighted by atomic mass is 9.40. The number of allylic oxidation sites excluding steroid dienone is 2. The van der Waals surface area contributed by atoms with E-state index in [4.69, 9.17) is 4.74 Å². The van der Waals surface area contributed by atoms with Crippen LogP contribution in [0, 0.1) is 45.3 Å². The highest BCUT2D eigenvalue weighted by molar-refractivity contribution is 5.86. The average molecular weight is 513 g/mol. The van der Waals surface area contributed by atoms with Gasteiger partial charge in [0.25, 0.3) is 0 Å². The Morgan fingerprint density at radius 2 is 1.78 bits per heavy atom. The summed E-state index contributed by atoms with van der Waals surface area (Å²) in [5.74, 6) is 0.652. The van der Waals surface area contributed by atoms with Gasteiger partial charge in [-0.2, -0.15) is 0 Å². The molecule has 0 saturated heterocycles. The first kappa shape index (κ1) is 28.1. The summed E-state index contributed by atoms with van der Waals surface area (Å²) in [6, 6.07) is 0. The Kier molecular flexibility index (Phi) is 7.12. The number of esters is 1. The highest BCUT2D eigenvalue weighted by Gasteiger charge is 2.67. The molecule has 5 nitrogen and oxygen atoms in total. The predicted molar refractivity (Wildman–Crippen MR) is 145 cm³/mol. The van der Waals surface area contributed by atoms with E-state index >= 15 is 0 Å². The highest BCUT2D eigenvalue weighted by atomic mass is 16.5. The van der Waals surface area contributed by atoms with E-state index in [1.54, 1.807) is 6.92 Å². The molecule has 5 heteroatoms. The van der Waals surface area contributed by atoms with E-state index < -0.39 is 11.4 Å². The Morgan fingerprint density at radius 1 is 1.11 bits per heavy atom. The number of carbonyl (C=O) groups excluding carboxylic acids is 2. The molecule has 0 bridgehead atoms. The number of rotatable bonds is 6. The molecule has 0 aliphatic heterocycles. The minimum atomic E-state index is -0.836. The molecule has 1 N–H and O–H groups in total. The molecular formula is C32H48O5. The van der Waals surface area contributed by atoms with Gasteiger partial charge in [-0.25, -0.2) is 4.79 Å². The van der Waals surface area contributed by atoms with Gasteiger partial charge in [0, 0.05) is 30.3 Å². The van der Waals surface area contributed by atoms with Gasteiger partial charge in [-0.3, -0.25) is 9.59 Å². The fourth-order valence-corrected chi connectivity index (χ4v) is 9.73. The van der Waals surface area contributed by atoms with Crippen LogP contribution in [0.4, 0.5) is 0 Å². The fraction of sp³-hybridized carbons (Fsp3) is 0.781. The number of hydrogen-bond acceptors (Lipinski definition) is 4. The van der Waals surface area contributed by atoms with Crippen molar-refractivity contribution >= 4 is 17.7 Å². The zero-order valence-corrected chi connectivity index (χ0v) is 24.3. The molecular weight excluding hydrogens is 464 g/mol. The average Bonchev–Trinajstić information content (AvgIpc) is 3.07. The van der Waals surface area contributed by atoms with Crippen molar-refractivity contribution in [2.24, 2.45) is 45.3 Å². The van der Waals surface area contributed by atoms with Gasteiger partial charge in [0.2, 0.25) is 0 Å². The molecule has 0 amide bonds. The zero-order chi connectivity index (χ0) is 27.6. The largest absolute Gasteiger partial charge is 0.478 e. The Balaban J connectivity index is 1.69. The van der Waals surface area contributed by atoms with Gasteiger partial charge in [-0.05, 0) is 91.9 Å². The Labute approximate surface area is 223 Å². The molecule has 0 aromatic carbocycles.